The van der Waals surface area contributed by atoms with Crippen LogP contribution >= 0.6 is 0 Å². The molecule has 1 aromatic carbocycles. The molecule has 1 spiro atoms. The summed E-state index contributed by atoms with van der Waals surface area (Å²) >= 11 is 0. The summed E-state index contributed by atoms with van der Waals surface area (Å²) in [5.74, 6) is 0. The number of ether oxygens (including phenoxy) is 1. The van der Waals surface area contributed by atoms with E-state index in [2.05, 4.69) is 24.4 Å². The first kappa shape index (κ1) is 13.4. The van der Waals surface area contributed by atoms with Gasteiger partial charge in [0.15, 0.2) is 0 Å². The van der Waals surface area contributed by atoms with Crippen molar-refractivity contribution in [1.29, 1.82) is 0 Å². The van der Waals surface area contributed by atoms with E-state index in [9.17, 15) is 4.79 Å². The second kappa shape index (κ2) is 5.44. The van der Waals surface area contributed by atoms with Crippen LogP contribution in [0.25, 0.3) is 0 Å². The van der Waals surface area contributed by atoms with Crippen LogP contribution in [0.3, 0.4) is 0 Å². The van der Waals surface area contributed by atoms with Crippen LogP contribution in [0.1, 0.15) is 37.8 Å². The van der Waals surface area contributed by atoms with Gasteiger partial charge in [0, 0.05) is 6.42 Å². The van der Waals surface area contributed by atoms with Crippen LogP contribution in [0.5, 0.6) is 0 Å². The van der Waals surface area contributed by atoms with Crippen LogP contribution < -0.4 is 5.32 Å². The average molecular weight is 274 g/mol. The van der Waals surface area contributed by atoms with Crippen LogP contribution in [-0.4, -0.2) is 36.2 Å². The van der Waals surface area contributed by atoms with E-state index in [1.165, 1.54) is 0 Å². The normalized spacial score (nSPS) is 28.2. The molecule has 1 N–H and O–H groups in total. The third-order valence-corrected chi connectivity index (χ3v) is 4.49. The molecule has 2 heterocycles. The van der Waals surface area contributed by atoms with E-state index in [4.69, 9.17) is 4.74 Å². The lowest BCUT2D eigenvalue weighted by Crippen LogP contribution is -2.36. The predicted octanol–water partition coefficient (Wildman–Crippen LogP) is 2.71. The summed E-state index contributed by atoms with van der Waals surface area (Å²) in [6.45, 7) is 4.74. The second-order valence-electron chi connectivity index (χ2n) is 5.87. The van der Waals surface area contributed by atoms with Gasteiger partial charge in [-0.2, -0.15) is 0 Å². The Kier molecular flexibility index (Phi) is 3.66. The monoisotopic (exact) mass is 274 g/mol. The van der Waals surface area contributed by atoms with Crippen LogP contribution in [0.4, 0.5) is 4.79 Å². The first-order chi connectivity index (χ1) is 9.70. The van der Waals surface area contributed by atoms with Gasteiger partial charge in [-0.1, -0.05) is 30.3 Å². The van der Waals surface area contributed by atoms with Gasteiger partial charge in [-0.05, 0) is 38.4 Å². The fourth-order valence-electron chi connectivity index (χ4n) is 3.22. The van der Waals surface area contributed by atoms with Crippen molar-refractivity contribution in [3.63, 3.8) is 0 Å². The molecule has 0 bridgehead atoms. The molecule has 2 aliphatic rings. The molecule has 20 heavy (non-hydrogen) atoms. The molecule has 1 aromatic rings. The molecule has 4 nitrogen and oxygen atoms in total. The molecule has 0 saturated carbocycles. The van der Waals surface area contributed by atoms with Crippen molar-refractivity contribution in [2.45, 2.75) is 37.8 Å². The molecule has 2 aliphatic heterocycles. The fourth-order valence-corrected chi connectivity index (χ4v) is 3.22. The zero-order valence-corrected chi connectivity index (χ0v) is 12.0. The van der Waals surface area contributed by atoms with Crippen molar-refractivity contribution < 1.29 is 9.53 Å². The number of nitrogens with one attached hydrogen (secondary N) is 1. The Morgan fingerprint density at radius 1 is 1.25 bits per heavy atom. The van der Waals surface area contributed by atoms with E-state index < -0.39 is 0 Å². The first-order valence-corrected chi connectivity index (χ1v) is 7.45. The number of carbonyl (C=O) groups is 1. The van der Waals surface area contributed by atoms with Gasteiger partial charge in [-0.25, -0.2) is 4.79 Å². The zero-order chi connectivity index (χ0) is 14.0. The Labute approximate surface area is 120 Å². The Balaban J connectivity index is 1.76. The van der Waals surface area contributed by atoms with Crippen LogP contribution in [0.15, 0.2) is 30.3 Å². The summed E-state index contributed by atoms with van der Waals surface area (Å²) in [6, 6.07) is 10.2. The lowest BCUT2D eigenvalue weighted by molar-refractivity contribution is 0.0469. The summed E-state index contributed by atoms with van der Waals surface area (Å²) in [7, 11) is 0. The van der Waals surface area contributed by atoms with Gasteiger partial charge in [-0.3, -0.25) is 4.90 Å². The lowest BCUT2D eigenvalue weighted by atomic mass is 9.94. The molecule has 0 aromatic heterocycles. The van der Waals surface area contributed by atoms with E-state index in [0.29, 0.717) is 6.54 Å². The molecule has 2 atom stereocenters. The van der Waals surface area contributed by atoms with Crippen LogP contribution in [0.2, 0.25) is 0 Å². The summed E-state index contributed by atoms with van der Waals surface area (Å²) < 4.78 is 5.77. The largest absolute Gasteiger partial charge is 0.441 e. The SMILES string of the molecule is CC(c1ccccc1)N1CC2(CCCNCC2)OC1=O. The highest BCUT2D eigenvalue weighted by Gasteiger charge is 2.46. The number of nitrogens with zero attached hydrogens (tertiary/aromatic N) is 1. The Morgan fingerprint density at radius 2 is 2.05 bits per heavy atom. The molecule has 1 amide bonds. The fraction of sp³-hybridized carbons (Fsp3) is 0.562. The van der Waals surface area contributed by atoms with Gasteiger partial charge in [-0.15, -0.1) is 0 Å². The van der Waals surface area contributed by atoms with E-state index in [0.717, 1.165) is 37.9 Å². The quantitative estimate of drug-likeness (QED) is 0.901. The minimum absolute atomic E-state index is 0.0688. The standard InChI is InChI=1S/C16H22N2O2/c1-13(14-6-3-2-4-7-14)18-12-16(20-15(18)19)8-5-10-17-11-9-16/h2-4,6-7,13,17H,5,8-12H2,1H3. The first-order valence-electron chi connectivity index (χ1n) is 7.45. The number of hydrogen-bond acceptors (Lipinski definition) is 3. The Hall–Kier alpha value is -1.55. The molecular weight excluding hydrogens is 252 g/mol. The molecule has 0 radical (unpaired) electrons. The van der Waals surface area contributed by atoms with Crippen molar-refractivity contribution in [3.8, 4) is 0 Å². The summed E-state index contributed by atoms with van der Waals surface area (Å²) in [4.78, 5) is 14.1. The average Bonchev–Trinajstić information content (AvgIpc) is 2.64. The maximum Gasteiger partial charge on any atom is 0.411 e. The summed E-state index contributed by atoms with van der Waals surface area (Å²) in [6.07, 6.45) is 2.78. The number of amides is 1. The highest BCUT2D eigenvalue weighted by molar-refractivity contribution is 5.71. The molecule has 0 aliphatic carbocycles. The molecule has 4 heteroatoms. The Morgan fingerprint density at radius 3 is 2.85 bits per heavy atom. The van der Waals surface area contributed by atoms with Crippen LogP contribution in [-0.2, 0) is 4.74 Å². The summed E-state index contributed by atoms with van der Waals surface area (Å²) in [5.41, 5.74) is 0.886. The molecule has 2 saturated heterocycles. The van der Waals surface area contributed by atoms with Gasteiger partial charge >= 0.3 is 6.09 Å². The maximum atomic E-state index is 12.3. The number of hydrogen-bond donors (Lipinski definition) is 1. The van der Waals surface area contributed by atoms with Crippen LogP contribution in [0, 0.1) is 0 Å². The minimum atomic E-state index is -0.274. The lowest BCUT2D eigenvalue weighted by Gasteiger charge is -2.26. The predicted molar refractivity (Wildman–Crippen MR) is 77.5 cm³/mol. The van der Waals surface area contributed by atoms with E-state index >= 15 is 0 Å². The number of benzene rings is 1. The van der Waals surface area contributed by atoms with Gasteiger partial charge in [0.05, 0.1) is 12.6 Å². The molecule has 2 fully saturated rings. The van der Waals surface area contributed by atoms with E-state index in [1.54, 1.807) is 0 Å². The number of carbonyl (C=O) groups excluding carboxylic acids is 1. The summed E-state index contributed by atoms with van der Waals surface area (Å²) in [5, 5.41) is 3.38. The molecule has 108 valence electrons. The third kappa shape index (κ3) is 2.52. The zero-order valence-electron chi connectivity index (χ0n) is 12.0. The Bertz CT molecular complexity index is 467. The second-order valence-corrected chi connectivity index (χ2v) is 5.87. The van der Waals surface area contributed by atoms with Crippen molar-refractivity contribution in [3.05, 3.63) is 35.9 Å². The van der Waals surface area contributed by atoms with E-state index in [1.807, 2.05) is 23.1 Å². The van der Waals surface area contributed by atoms with Crippen molar-refractivity contribution in [2.75, 3.05) is 19.6 Å². The topological polar surface area (TPSA) is 41.6 Å². The highest BCUT2D eigenvalue weighted by Crippen LogP contribution is 2.36. The smallest absolute Gasteiger partial charge is 0.411 e. The number of rotatable bonds is 2. The van der Waals surface area contributed by atoms with Crippen molar-refractivity contribution >= 4 is 6.09 Å². The van der Waals surface area contributed by atoms with E-state index in [-0.39, 0.29) is 17.7 Å². The molecule has 3 rings (SSSR count). The van der Waals surface area contributed by atoms with Crippen molar-refractivity contribution in [1.82, 2.24) is 10.2 Å². The minimum Gasteiger partial charge on any atom is -0.441 e. The van der Waals surface area contributed by atoms with Gasteiger partial charge in [0.25, 0.3) is 0 Å². The third-order valence-electron chi connectivity index (χ3n) is 4.49. The maximum absolute atomic E-state index is 12.3. The van der Waals surface area contributed by atoms with Gasteiger partial charge < -0.3 is 10.1 Å². The van der Waals surface area contributed by atoms with Crippen molar-refractivity contribution in [2.24, 2.45) is 0 Å². The van der Waals surface area contributed by atoms with Gasteiger partial charge in [0.2, 0.25) is 0 Å². The van der Waals surface area contributed by atoms with Gasteiger partial charge in [0.1, 0.15) is 5.60 Å². The molecular formula is C16H22N2O2. The molecule has 2 unspecified atom stereocenters. The highest BCUT2D eigenvalue weighted by atomic mass is 16.6.